The van der Waals surface area contributed by atoms with Crippen LogP contribution >= 0.6 is 0 Å². The molecule has 0 saturated carbocycles. The third kappa shape index (κ3) is 6.31. The number of carbonyl (C=O) groups is 1. The van der Waals surface area contributed by atoms with E-state index < -0.39 is 0 Å². The topological polar surface area (TPSA) is 63.2 Å². The molecule has 0 amide bonds. The Hall–Kier alpha value is -2.89. The van der Waals surface area contributed by atoms with E-state index in [0.29, 0.717) is 37.4 Å². The van der Waals surface area contributed by atoms with Gasteiger partial charge in [0.05, 0.1) is 35.0 Å². The van der Waals surface area contributed by atoms with Crippen LogP contribution in [-0.2, 0) is 22.4 Å². The number of benzene rings is 2. The summed E-state index contributed by atoms with van der Waals surface area (Å²) in [5.41, 5.74) is 1.98. The maximum absolute atomic E-state index is 12.2. The van der Waals surface area contributed by atoms with Gasteiger partial charge in [0.25, 0.3) is 0 Å². The number of rotatable bonds is 11. The fourth-order valence-electron chi connectivity index (χ4n) is 3.21. The molecular formula is C23H30O6. The van der Waals surface area contributed by atoms with Crippen LogP contribution in [0.1, 0.15) is 24.5 Å². The third-order valence-corrected chi connectivity index (χ3v) is 4.70. The van der Waals surface area contributed by atoms with Crippen molar-refractivity contribution in [3.05, 3.63) is 47.5 Å². The van der Waals surface area contributed by atoms with Crippen molar-refractivity contribution in [2.75, 3.05) is 35.0 Å². The van der Waals surface area contributed by atoms with Crippen LogP contribution in [0.2, 0.25) is 0 Å². The molecule has 0 fully saturated rings. The highest BCUT2D eigenvalue weighted by molar-refractivity contribution is 5.69. The summed E-state index contributed by atoms with van der Waals surface area (Å²) in [5, 5.41) is 0. The van der Waals surface area contributed by atoms with Crippen molar-refractivity contribution < 1.29 is 28.5 Å². The van der Waals surface area contributed by atoms with Crippen molar-refractivity contribution in [3.63, 3.8) is 0 Å². The highest BCUT2D eigenvalue weighted by Gasteiger charge is 2.17. The number of carbonyl (C=O) groups excluding carboxylic acids is 1. The summed E-state index contributed by atoms with van der Waals surface area (Å²) in [6.07, 6.45) is 1.60. The molecule has 2 rings (SSSR count). The van der Waals surface area contributed by atoms with E-state index in [-0.39, 0.29) is 11.9 Å². The molecule has 158 valence electrons. The van der Waals surface area contributed by atoms with E-state index in [1.165, 1.54) is 0 Å². The molecule has 2 aromatic rings. The van der Waals surface area contributed by atoms with Crippen molar-refractivity contribution in [2.24, 2.45) is 5.92 Å². The Labute approximate surface area is 172 Å². The molecule has 0 bridgehead atoms. The van der Waals surface area contributed by atoms with Crippen molar-refractivity contribution >= 4 is 5.97 Å². The fourth-order valence-corrected chi connectivity index (χ4v) is 3.21. The van der Waals surface area contributed by atoms with Gasteiger partial charge in [-0.2, -0.15) is 0 Å². The van der Waals surface area contributed by atoms with E-state index in [4.69, 9.17) is 23.7 Å². The molecule has 1 unspecified atom stereocenters. The molecule has 0 N–H and O–H groups in total. The monoisotopic (exact) mass is 402 g/mol. The van der Waals surface area contributed by atoms with Crippen LogP contribution in [0.5, 0.6) is 23.0 Å². The van der Waals surface area contributed by atoms with Gasteiger partial charge in [-0.3, -0.25) is 4.79 Å². The third-order valence-electron chi connectivity index (χ3n) is 4.70. The lowest BCUT2D eigenvalue weighted by Gasteiger charge is -2.16. The minimum Gasteiger partial charge on any atom is -0.496 e. The Morgan fingerprint density at radius 3 is 2.07 bits per heavy atom. The van der Waals surface area contributed by atoms with E-state index in [9.17, 15) is 4.79 Å². The Kier molecular flexibility index (Phi) is 8.65. The number of esters is 1. The van der Waals surface area contributed by atoms with Crippen LogP contribution in [-0.4, -0.2) is 41.0 Å². The molecule has 2 aromatic carbocycles. The molecule has 0 spiro atoms. The molecule has 0 aliphatic heterocycles. The summed E-state index contributed by atoms with van der Waals surface area (Å²) in [6.45, 7) is 2.33. The number of hydrogen-bond acceptors (Lipinski definition) is 6. The summed E-state index contributed by atoms with van der Waals surface area (Å²) in [5.74, 6) is 2.74. The first-order valence-electron chi connectivity index (χ1n) is 9.58. The molecule has 0 saturated heterocycles. The molecule has 1 atom stereocenters. The molecule has 6 nitrogen and oxygen atoms in total. The average Bonchev–Trinajstić information content (AvgIpc) is 2.73. The summed E-state index contributed by atoms with van der Waals surface area (Å²) < 4.78 is 26.8. The fraction of sp³-hybridized carbons (Fsp3) is 0.435. The Morgan fingerprint density at radius 1 is 0.862 bits per heavy atom. The maximum atomic E-state index is 12.2. The van der Waals surface area contributed by atoms with Gasteiger partial charge in [0, 0.05) is 18.4 Å². The van der Waals surface area contributed by atoms with Crippen LogP contribution in [0.3, 0.4) is 0 Å². The minimum atomic E-state index is -0.216. The number of ether oxygens (including phenoxy) is 5. The van der Waals surface area contributed by atoms with E-state index in [1.807, 2.05) is 43.3 Å². The van der Waals surface area contributed by atoms with Gasteiger partial charge in [0.2, 0.25) is 0 Å². The van der Waals surface area contributed by atoms with Crippen LogP contribution in [0, 0.1) is 5.92 Å². The number of hydrogen-bond donors (Lipinski definition) is 0. The first-order valence-corrected chi connectivity index (χ1v) is 9.58. The summed E-state index contributed by atoms with van der Waals surface area (Å²) >= 11 is 0. The summed E-state index contributed by atoms with van der Waals surface area (Å²) in [4.78, 5) is 12.2. The quantitative estimate of drug-likeness (QED) is 0.528. The van der Waals surface area contributed by atoms with E-state index >= 15 is 0 Å². The lowest BCUT2D eigenvalue weighted by molar-refractivity contribution is -0.144. The maximum Gasteiger partial charge on any atom is 0.306 e. The van der Waals surface area contributed by atoms with E-state index in [0.717, 1.165) is 22.6 Å². The van der Waals surface area contributed by atoms with E-state index in [1.54, 1.807) is 28.4 Å². The summed E-state index contributed by atoms with van der Waals surface area (Å²) in [7, 11) is 6.46. The Balaban J connectivity index is 1.85. The van der Waals surface area contributed by atoms with Crippen molar-refractivity contribution in [1.29, 1.82) is 0 Å². The van der Waals surface area contributed by atoms with Crippen molar-refractivity contribution in [3.8, 4) is 23.0 Å². The van der Waals surface area contributed by atoms with Gasteiger partial charge >= 0.3 is 5.97 Å². The predicted octanol–water partition coefficient (Wildman–Crippen LogP) is 4.08. The second kappa shape index (κ2) is 11.2. The molecule has 6 heteroatoms. The van der Waals surface area contributed by atoms with Gasteiger partial charge in [-0.15, -0.1) is 0 Å². The second-order valence-electron chi connectivity index (χ2n) is 6.81. The highest BCUT2D eigenvalue weighted by atomic mass is 16.5. The van der Waals surface area contributed by atoms with E-state index in [2.05, 4.69) is 0 Å². The lowest BCUT2D eigenvalue weighted by atomic mass is 9.96. The van der Waals surface area contributed by atoms with Crippen LogP contribution in [0.15, 0.2) is 36.4 Å². The average molecular weight is 402 g/mol. The van der Waals surface area contributed by atoms with Gasteiger partial charge in [-0.1, -0.05) is 19.1 Å². The largest absolute Gasteiger partial charge is 0.496 e. The zero-order chi connectivity index (χ0) is 21.2. The molecule has 0 heterocycles. The first kappa shape index (κ1) is 22.4. The molecule has 0 aliphatic carbocycles. The lowest BCUT2D eigenvalue weighted by Crippen LogP contribution is -2.14. The smallest absolute Gasteiger partial charge is 0.306 e. The molecule has 0 aromatic heterocycles. The molecule has 0 aliphatic rings. The first-order chi connectivity index (χ1) is 14.0. The van der Waals surface area contributed by atoms with Crippen LogP contribution < -0.4 is 18.9 Å². The summed E-state index contributed by atoms with van der Waals surface area (Å²) in [6, 6.07) is 11.3. The Bertz CT molecular complexity index is 780. The highest BCUT2D eigenvalue weighted by Crippen LogP contribution is 2.31. The standard InChI is InChI=1S/C23H30O6/c1-16(13-18-19(25-2)7-6-8-20(18)26-3)14-23(24)29-12-11-17-9-10-21(27-4)22(15-17)28-5/h6-10,15-16H,11-14H2,1-5H3. The van der Waals surface area contributed by atoms with Gasteiger partial charge < -0.3 is 23.7 Å². The minimum absolute atomic E-state index is 0.0915. The normalized spacial score (nSPS) is 11.5. The van der Waals surface area contributed by atoms with Crippen LogP contribution in [0.25, 0.3) is 0 Å². The molecular weight excluding hydrogens is 372 g/mol. The zero-order valence-electron chi connectivity index (χ0n) is 17.8. The van der Waals surface area contributed by atoms with Gasteiger partial charge in [-0.05, 0) is 42.2 Å². The molecule has 29 heavy (non-hydrogen) atoms. The van der Waals surface area contributed by atoms with Gasteiger partial charge in [-0.25, -0.2) is 0 Å². The van der Waals surface area contributed by atoms with Gasteiger partial charge in [0.15, 0.2) is 11.5 Å². The number of methoxy groups -OCH3 is 4. The Morgan fingerprint density at radius 2 is 1.48 bits per heavy atom. The predicted molar refractivity (Wildman–Crippen MR) is 111 cm³/mol. The second-order valence-corrected chi connectivity index (χ2v) is 6.81. The van der Waals surface area contributed by atoms with Crippen molar-refractivity contribution in [2.45, 2.75) is 26.2 Å². The molecule has 0 radical (unpaired) electrons. The van der Waals surface area contributed by atoms with Crippen molar-refractivity contribution in [1.82, 2.24) is 0 Å². The zero-order valence-corrected chi connectivity index (χ0v) is 17.8. The van der Waals surface area contributed by atoms with Crippen LogP contribution in [0.4, 0.5) is 0 Å². The van der Waals surface area contributed by atoms with Gasteiger partial charge in [0.1, 0.15) is 11.5 Å². The SMILES string of the molecule is COc1ccc(CCOC(=O)CC(C)Cc2c(OC)cccc2OC)cc1OC.